The molecule has 0 aliphatic heterocycles. The van der Waals surface area contributed by atoms with Crippen molar-refractivity contribution in [3.63, 3.8) is 0 Å². The third kappa shape index (κ3) is 4.56. The zero-order chi connectivity index (χ0) is 18.4. The number of benzene rings is 2. The Morgan fingerprint density at radius 3 is 2.56 bits per heavy atom. The van der Waals surface area contributed by atoms with Crippen LogP contribution < -0.4 is 15.4 Å². The van der Waals surface area contributed by atoms with Gasteiger partial charge in [-0.25, -0.2) is 4.39 Å². The summed E-state index contributed by atoms with van der Waals surface area (Å²) in [7, 11) is 1.44. The lowest BCUT2D eigenvalue weighted by molar-refractivity contribution is -0.120. The van der Waals surface area contributed by atoms with Gasteiger partial charge in [-0.2, -0.15) is 0 Å². The van der Waals surface area contributed by atoms with Crippen molar-refractivity contribution < 1.29 is 18.7 Å². The molecule has 2 aromatic carbocycles. The molecular formula is C19H21FN2O3. The van der Waals surface area contributed by atoms with Gasteiger partial charge in [0.15, 0.2) is 0 Å². The molecule has 5 nitrogen and oxygen atoms in total. The average Bonchev–Trinajstić information content (AvgIpc) is 2.59. The molecule has 0 bridgehead atoms. The first-order valence-electron chi connectivity index (χ1n) is 7.89. The molecule has 0 saturated carbocycles. The molecule has 0 fully saturated rings. The molecule has 2 aromatic rings. The van der Waals surface area contributed by atoms with E-state index in [0.29, 0.717) is 11.3 Å². The standard InChI is InChI=1S/C19H21FN2O3/c1-12-7-4-5-8-14(12)19(24)21-11-17(23)22-13(2)18-15(20)9-6-10-16(18)25-3/h4-10,13H,11H2,1-3H3,(H,21,24)(H,22,23)/t13-/m1/s1. The van der Waals surface area contributed by atoms with Crippen molar-refractivity contribution in [2.75, 3.05) is 13.7 Å². The van der Waals surface area contributed by atoms with Crippen molar-refractivity contribution in [1.82, 2.24) is 10.6 Å². The van der Waals surface area contributed by atoms with Gasteiger partial charge in [-0.1, -0.05) is 24.3 Å². The highest BCUT2D eigenvalue weighted by Gasteiger charge is 2.18. The third-order valence-corrected chi connectivity index (χ3v) is 3.84. The molecule has 0 unspecified atom stereocenters. The lowest BCUT2D eigenvalue weighted by Crippen LogP contribution is -2.38. The molecule has 0 saturated heterocycles. The Morgan fingerprint density at radius 2 is 1.88 bits per heavy atom. The Morgan fingerprint density at radius 1 is 1.16 bits per heavy atom. The van der Waals surface area contributed by atoms with Crippen molar-refractivity contribution >= 4 is 11.8 Å². The summed E-state index contributed by atoms with van der Waals surface area (Å²) >= 11 is 0. The van der Waals surface area contributed by atoms with Gasteiger partial charge < -0.3 is 15.4 Å². The van der Waals surface area contributed by atoms with Crippen LogP contribution in [0.25, 0.3) is 0 Å². The van der Waals surface area contributed by atoms with Gasteiger partial charge >= 0.3 is 0 Å². The van der Waals surface area contributed by atoms with E-state index in [0.717, 1.165) is 5.56 Å². The number of halogens is 1. The zero-order valence-corrected chi connectivity index (χ0v) is 14.4. The van der Waals surface area contributed by atoms with E-state index < -0.39 is 17.8 Å². The molecule has 0 radical (unpaired) electrons. The zero-order valence-electron chi connectivity index (χ0n) is 14.4. The molecule has 25 heavy (non-hydrogen) atoms. The number of aryl methyl sites for hydroxylation is 1. The molecule has 0 aliphatic rings. The van der Waals surface area contributed by atoms with Crippen LogP contribution in [0.15, 0.2) is 42.5 Å². The van der Waals surface area contributed by atoms with Gasteiger partial charge in [0.05, 0.1) is 25.3 Å². The van der Waals surface area contributed by atoms with Gasteiger partial charge in [0.25, 0.3) is 5.91 Å². The maximum Gasteiger partial charge on any atom is 0.251 e. The fourth-order valence-electron chi connectivity index (χ4n) is 2.56. The summed E-state index contributed by atoms with van der Waals surface area (Å²) < 4.78 is 19.2. The highest BCUT2D eigenvalue weighted by molar-refractivity contribution is 5.97. The van der Waals surface area contributed by atoms with Gasteiger partial charge in [0, 0.05) is 5.56 Å². The van der Waals surface area contributed by atoms with Crippen LogP contribution in [0.2, 0.25) is 0 Å². The minimum atomic E-state index is -0.598. The fraction of sp³-hybridized carbons (Fsp3) is 0.263. The van der Waals surface area contributed by atoms with Gasteiger partial charge in [-0.15, -0.1) is 0 Å². The Kier molecular flexibility index (Phi) is 6.11. The molecule has 0 aromatic heterocycles. The van der Waals surface area contributed by atoms with Crippen LogP contribution in [0.4, 0.5) is 4.39 Å². The Hall–Kier alpha value is -2.89. The molecular weight excluding hydrogens is 323 g/mol. The number of methoxy groups -OCH3 is 1. The number of hydrogen-bond acceptors (Lipinski definition) is 3. The molecule has 6 heteroatoms. The van der Waals surface area contributed by atoms with Crippen molar-refractivity contribution in [3.05, 3.63) is 65.0 Å². The molecule has 2 N–H and O–H groups in total. The molecule has 0 heterocycles. The number of rotatable bonds is 6. The topological polar surface area (TPSA) is 67.4 Å². The van der Waals surface area contributed by atoms with Gasteiger partial charge in [-0.3, -0.25) is 9.59 Å². The third-order valence-electron chi connectivity index (χ3n) is 3.84. The lowest BCUT2D eigenvalue weighted by Gasteiger charge is -2.18. The second-order valence-corrected chi connectivity index (χ2v) is 5.64. The maximum absolute atomic E-state index is 14.0. The second-order valence-electron chi connectivity index (χ2n) is 5.64. The summed E-state index contributed by atoms with van der Waals surface area (Å²) in [5.74, 6) is -0.850. The first-order valence-corrected chi connectivity index (χ1v) is 7.89. The van der Waals surface area contributed by atoms with E-state index in [1.807, 2.05) is 19.1 Å². The van der Waals surface area contributed by atoms with Crippen LogP contribution in [0.5, 0.6) is 5.75 Å². The highest BCUT2D eigenvalue weighted by Crippen LogP contribution is 2.27. The minimum absolute atomic E-state index is 0.200. The van der Waals surface area contributed by atoms with Crippen molar-refractivity contribution in [1.29, 1.82) is 0 Å². The average molecular weight is 344 g/mol. The van der Waals surface area contributed by atoms with E-state index in [-0.39, 0.29) is 18.0 Å². The Bertz CT molecular complexity index is 777. The molecule has 2 rings (SSSR count). The molecule has 0 aliphatic carbocycles. The normalized spacial score (nSPS) is 11.5. The summed E-state index contributed by atoms with van der Waals surface area (Å²) in [5, 5.41) is 5.22. The van der Waals surface area contributed by atoms with E-state index in [9.17, 15) is 14.0 Å². The molecule has 132 valence electrons. The Labute approximate surface area is 146 Å². The van der Waals surface area contributed by atoms with Crippen LogP contribution >= 0.6 is 0 Å². The monoisotopic (exact) mass is 344 g/mol. The maximum atomic E-state index is 14.0. The molecule has 2 amide bonds. The predicted octanol–water partition coefficient (Wildman–Crippen LogP) is 2.75. The van der Waals surface area contributed by atoms with Crippen LogP contribution in [0, 0.1) is 12.7 Å². The number of carbonyl (C=O) groups is 2. The summed E-state index contributed by atoms with van der Waals surface area (Å²) in [4.78, 5) is 24.2. The van der Waals surface area contributed by atoms with E-state index in [1.54, 1.807) is 25.1 Å². The molecule has 0 spiro atoms. The van der Waals surface area contributed by atoms with Gasteiger partial charge in [0.2, 0.25) is 5.91 Å². The predicted molar refractivity (Wildman–Crippen MR) is 93.0 cm³/mol. The van der Waals surface area contributed by atoms with Gasteiger partial charge in [-0.05, 0) is 37.6 Å². The van der Waals surface area contributed by atoms with E-state index >= 15 is 0 Å². The summed E-state index contributed by atoms with van der Waals surface area (Å²) in [6, 6.07) is 11.0. The molecule has 1 atom stereocenters. The van der Waals surface area contributed by atoms with Crippen LogP contribution in [0.1, 0.15) is 34.5 Å². The lowest BCUT2D eigenvalue weighted by atomic mass is 10.1. The first kappa shape index (κ1) is 18.4. The van der Waals surface area contributed by atoms with Crippen molar-refractivity contribution in [3.8, 4) is 5.75 Å². The number of nitrogens with one attached hydrogen (secondary N) is 2. The summed E-state index contributed by atoms with van der Waals surface area (Å²) in [5.41, 5.74) is 1.60. The van der Waals surface area contributed by atoms with E-state index in [4.69, 9.17) is 4.74 Å². The van der Waals surface area contributed by atoms with Crippen LogP contribution in [-0.4, -0.2) is 25.5 Å². The summed E-state index contributed by atoms with van der Waals surface area (Å²) in [6.45, 7) is 3.28. The number of hydrogen-bond donors (Lipinski definition) is 2. The highest BCUT2D eigenvalue weighted by atomic mass is 19.1. The van der Waals surface area contributed by atoms with Gasteiger partial charge in [0.1, 0.15) is 11.6 Å². The van der Waals surface area contributed by atoms with E-state index in [2.05, 4.69) is 10.6 Å². The largest absolute Gasteiger partial charge is 0.496 e. The smallest absolute Gasteiger partial charge is 0.251 e. The van der Waals surface area contributed by atoms with E-state index in [1.165, 1.54) is 19.2 Å². The fourth-order valence-corrected chi connectivity index (χ4v) is 2.56. The van der Waals surface area contributed by atoms with Crippen molar-refractivity contribution in [2.45, 2.75) is 19.9 Å². The summed E-state index contributed by atoms with van der Waals surface area (Å²) in [6.07, 6.45) is 0. The second kappa shape index (κ2) is 8.28. The SMILES string of the molecule is COc1cccc(F)c1[C@@H](C)NC(=O)CNC(=O)c1ccccc1C. The number of carbonyl (C=O) groups excluding carboxylic acids is 2. The minimum Gasteiger partial charge on any atom is -0.496 e. The number of ether oxygens (including phenoxy) is 1. The number of amides is 2. The Balaban J connectivity index is 1.97. The van der Waals surface area contributed by atoms with Crippen molar-refractivity contribution in [2.24, 2.45) is 0 Å². The quantitative estimate of drug-likeness (QED) is 0.847. The van der Waals surface area contributed by atoms with Crippen LogP contribution in [-0.2, 0) is 4.79 Å². The van der Waals surface area contributed by atoms with Crippen LogP contribution in [0.3, 0.4) is 0 Å². The first-order chi connectivity index (χ1) is 11.9.